The third kappa shape index (κ3) is 3.63. The van der Waals surface area contributed by atoms with E-state index >= 15 is 0 Å². The maximum atomic E-state index is 11.9. The minimum atomic E-state index is -0.292. The molecule has 4 heteroatoms. The van der Waals surface area contributed by atoms with E-state index in [1.54, 1.807) is 6.92 Å². The molecule has 0 bridgehead atoms. The van der Waals surface area contributed by atoms with Crippen LogP contribution in [0.1, 0.15) is 53.9 Å². The lowest BCUT2D eigenvalue weighted by atomic mass is 9.68. The molecule has 1 aliphatic rings. The highest BCUT2D eigenvalue weighted by atomic mass is 16.1. The van der Waals surface area contributed by atoms with Gasteiger partial charge in [0, 0.05) is 42.3 Å². The zero-order valence-electron chi connectivity index (χ0n) is 12.9. The Bertz CT molecular complexity index is 365. The van der Waals surface area contributed by atoms with Crippen molar-refractivity contribution < 1.29 is 9.59 Å². The quantitative estimate of drug-likeness (QED) is 0.768. The van der Waals surface area contributed by atoms with Gasteiger partial charge in [0.2, 0.25) is 0 Å². The standard InChI is InChI=1S/C15H28N2O2/c1-6-12(19)11(3)13(16)15(7-10(2)18)8-14(4,5)17-9-15/h11,13,17H,6-9,16H2,1-5H3. The van der Waals surface area contributed by atoms with Crippen molar-refractivity contribution in [2.75, 3.05) is 6.54 Å². The molecule has 3 atom stereocenters. The van der Waals surface area contributed by atoms with E-state index in [-0.39, 0.29) is 34.5 Å². The maximum Gasteiger partial charge on any atom is 0.136 e. The van der Waals surface area contributed by atoms with Crippen molar-refractivity contribution in [2.45, 2.75) is 65.5 Å². The molecule has 1 rings (SSSR count). The molecule has 1 aliphatic heterocycles. The number of nitrogens with one attached hydrogen (secondary N) is 1. The Labute approximate surface area is 116 Å². The molecule has 1 heterocycles. The first-order valence-corrected chi connectivity index (χ1v) is 7.16. The van der Waals surface area contributed by atoms with Gasteiger partial charge in [-0.1, -0.05) is 13.8 Å². The Morgan fingerprint density at radius 2 is 1.95 bits per heavy atom. The molecule has 110 valence electrons. The van der Waals surface area contributed by atoms with Gasteiger partial charge in [-0.2, -0.15) is 0 Å². The lowest BCUT2D eigenvalue weighted by Gasteiger charge is -2.38. The molecule has 19 heavy (non-hydrogen) atoms. The second-order valence-corrected chi connectivity index (χ2v) is 6.79. The van der Waals surface area contributed by atoms with Gasteiger partial charge >= 0.3 is 0 Å². The first-order valence-electron chi connectivity index (χ1n) is 7.16. The van der Waals surface area contributed by atoms with Gasteiger partial charge in [0.1, 0.15) is 11.6 Å². The fourth-order valence-corrected chi connectivity index (χ4v) is 3.45. The maximum absolute atomic E-state index is 11.9. The van der Waals surface area contributed by atoms with E-state index in [1.165, 1.54) is 0 Å². The number of rotatable bonds is 6. The highest BCUT2D eigenvalue weighted by Gasteiger charge is 2.49. The summed E-state index contributed by atoms with van der Waals surface area (Å²) in [6.45, 7) is 10.3. The van der Waals surface area contributed by atoms with Crippen molar-refractivity contribution in [3.8, 4) is 0 Å². The predicted molar refractivity (Wildman–Crippen MR) is 76.9 cm³/mol. The van der Waals surface area contributed by atoms with E-state index in [2.05, 4.69) is 19.2 Å². The molecule has 1 fully saturated rings. The van der Waals surface area contributed by atoms with Gasteiger partial charge in [-0.25, -0.2) is 0 Å². The predicted octanol–water partition coefficient (Wildman–Crippen LogP) is 1.67. The summed E-state index contributed by atoms with van der Waals surface area (Å²) in [5, 5.41) is 3.44. The first-order chi connectivity index (χ1) is 8.63. The van der Waals surface area contributed by atoms with Crippen LogP contribution in [0.5, 0.6) is 0 Å². The van der Waals surface area contributed by atoms with Gasteiger partial charge < -0.3 is 15.8 Å². The topological polar surface area (TPSA) is 72.2 Å². The summed E-state index contributed by atoms with van der Waals surface area (Å²) in [6.07, 6.45) is 1.79. The number of carbonyl (C=O) groups excluding carboxylic acids is 2. The fraction of sp³-hybridized carbons (Fsp3) is 0.867. The Morgan fingerprint density at radius 1 is 1.37 bits per heavy atom. The lowest BCUT2D eigenvalue weighted by molar-refractivity contribution is -0.125. The Kier molecular flexibility index (Phi) is 4.91. The molecule has 0 saturated carbocycles. The van der Waals surface area contributed by atoms with Crippen LogP contribution < -0.4 is 11.1 Å². The Balaban J connectivity index is 2.98. The van der Waals surface area contributed by atoms with Crippen molar-refractivity contribution in [2.24, 2.45) is 17.1 Å². The highest BCUT2D eigenvalue weighted by Crippen LogP contribution is 2.42. The van der Waals surface area contributed by atoms with Crippen LogP contribution in [-0.2, 0) is 9.59 Å². The number of Topliss-reactive ketones (excluding diaryl/α,β-unsaturated/α-hetero) is 2. The minimum Gasteiger partial charge on any atom is -0.326 e. The van der Waals surface area contributed by atoms with Crippen LogP contribution in [-0.4, -0.2) is 29.7 Å². The van der Waals surface area contributed by atoms with Crippen molar-refractivity contribution in [3.63, 3.8) is 0 Å². The number of nitrogens with two attached hydrogens (primary N) is 1. The van der Waals surface area contributed by atoms with E-state index in [9.17, 15) is 9.59 Å². The summed E-state index contributed by atoms with van der Waals surface area (Å²) >= 11 is 0. The van der Waals surface area contributed by atoms with Crippen molar-refractivity contribution >= 4 is 11.6 Å². The zero-order valence-corrected chi connectivity index (χ0v) is 12.9. The SMILES string of the molecule is CCC(=O)C(C)C(N)C1(CC(C)=O)CNC(C)(C)C1. The molecule has 4 nitrogen and oxygen atoms in total. The van der Waals surface area contributed by atoms with E-state index in [0.29, 0.717) is 19.4 Å². The van der Waals surface area contributed by atoms with Crippen LogP contribution in [0.4, 0.5) is 0 Å². The molecule has 0 radical (unpaired) electrons. The van der Waals surface area contributed by atoms with Gasteiger partial charge in [0.25, 0.3) is 0 Å². The van der Waals surface area contributed by atoms with Crippen LogP contribution in [0, 0.1) is 11.3 Å². The van der Waals surface area contributed by atoms with E-state index in [4.69, 9.17) is 5.73 Å². The molecule has 0 spiro atoms. The molecule has 0 aromatic heterocycles. The number of ketones is 2. The van der Waals surface area contributed by atoms with Crippen LogP contribution in [0.15, 0.2) is 0 Å². The second kappa shape index (κ2) is 5.71. The molecule has 3 N–H and O–H groups in total. The normalized spacial score (nSPS) is 28.9. The molecule has 1 saturated heterocycles. The van der Waals surface area contributed by atoms with Gasteiger partial charge in [0.15, 0.2) is 0 Å². The van der Waals surface area contributed by atoms with Crippen molar-refractivity contribution in [1.82, 2.24) is 5.32 Å². The highest BCUT2D eigenvalue weighted by molar-refractivity contribution is 5.81. The van der Waals surface area contributed by atoms with Gasteiger partial charge in [0.05, 0.1) is 0 Å². The Hall–Kier alpha value is -0.740. The smallest absolute Gasteiger partial charge is 0.136 e. The minimum absolute atomic E-state index is 0.0257. The molecular weight excluding hydrogens is 240 g/mol. The summed E-state index contributed by atoms with van der Waals surface area (Å²) in [7, 11) is 0. The summed E-state index contributed by atoms with van der Waals surface area (Å²) in [5.41, 5.74) is 6.07. The van der Waals surface area contributed by atoms with Crippen LogP contribution in [0.3, 0.4) is 0 Å². The summed E-state index contributed by atoms with van der Waals surface area (Å²) in [4.78, 5) is 23.5. The number of carbonyl (C=O) groups is 2. The van der Waals surface area contributed by atoms with Crippen LogP contribution in [0.25, 0.3) is 0 Å². The lowest BCUT2D eigenvalue weighted by Crippen LogP contribution is -2.50. The zero-order chi connectivity index (χ0) is 14.8. The number of hydrogen-bond donors (Lipinski definition) is 2. The third-order valence-electron chi connectivity index (χ3n) is 4.42. The van der Waals surface area contributed by atoms with Gasteiger partial charge in [-0.15, -0.1) is 0 Å². The largest absolute Gasteiger partial charge is 0.326 e. The monoisotopic (exact) mass is 268 g/mol. The van der Waals surface area contributed by atoms with Crippen molar-refractivity contribution in [1.29, 1.82) is 0 Å². The van der Waals surface area contributed by atoms with Gasteiger partial charge in [-0.05, 0) is 27.2 Å². The van der Waals surface area contributed by atoms with E-state index in [1.807, 2.05) is 13.8 Å². The molecule has 0 aromatic carbocycles. The molecule has 0 amide bonds. The average Bonchev–Trinajstić information content (AvgIpc) is 2.62. The average molecular weight is 268 g/mol. The molecule has 0 aliphatic carbocycles. The second-order valence-electron chi connectivity index (χ2n) is 6.79. The van der Waals surface area contributed by atoms with E-state index in [0.717, 1.165) is 6.42 Å². The van der Waals surface area contributed by atoms with Gasteiger partial charge in [-0.3, -0.25) is 4.79 Å². The van der Waals surface area contributed by atoms with Crippen LogP contribution in [0.2, 0.25) is 0 Å². The van der Waals surface area contributed by atoms with E-state index < -0.39 is 0 Å². The summed E-state index contributed by atoms with van der Waals surface area (Å²) in [5.74, 6) is 0.131. The summed E-state index contributed by atoms with van der Waals surface area (Å²) in [6, 6.07) is -0.266. The van der Waals surface area contributed by atoms with Crippen molar-refractivity contribution in [3.05, 3.63) is 0 Å². The first kappa shape index (κ1) is 16.3. The Morgan fingerprint density at radius 3 is 2.32 bits per heavy atom. The number of hydrogen-bond acceptors (Lipinski definition) is 4. The third-order valence-corrected chi connectivity index (χ3v) is 4.42. The molecular formula is C15H28N2O2. The molecule has 0 aromatic rings. The fourth-order valence-electron chi connectivity index (χ4n) is 3.45. The molecule has 3 unspecified atom stereocenters. The summed E-state index contributed by atoms with van der Waals surface area (Å²) < 4.78 is 0. The van der Waals surface area contributed by atoms with Crippen LogP contribution >= 0.6 is 0 Å².